The van der Waals surface area contributed by atoms with E-state index in [1.165, 1.54) is 23.5 Å². The summed E-state index contributed by atoms with van der Waals surface area (Å²) < 4.78 is 1.92. The van der Waals surface area contributed by atoms with Crippen LogP contribution in [0.3, 0.4) is 0 Å². The number of nitro groups is 1. The second-order valence-electron chi connectivity index (χ2n) is 4.93. The Balaban J connectivity index is 1.77. The molecule has 0 bridgehead atoms. The van der Waals surface area contributed by atoms with E-state index in [1.54, 1.807) is 12.4 Å². The minimum atomic E-state index is -0.403. The molecular weight excluding hydrogens is 312 g/mol. The first-order valence-corrected chi connectivity index (χ1v) is 7.73. The van der Waals surface area contributed by atoms with Crippen LogP contribution in [0.15, 0.2) is 60.2 Å². The van der Waals surface area contributed by atoms with Crippen LogP contribution in [0.1, 0.15) is 0 Å². The van der Waals surface area contributed by atoms with Gasteiger partial charge >= 0.3 is 0 Å². The summed E-state index contributed by atoms with van der Waals surface area (Å²) in [5.41, 5.74) is 3.38. The topological polar surface area (TPSA) is 73.8 Å². The Labute approximate surface area is 134 Å². The Morgan fingerprint density at radius 3 is 2.87 bits per heavy atom. The number of benzene rings is 2. The maximum atomic E-state index is 10.9. The number of nitrogens with zero attached hydrogens (tertiary/aromatic N) is 4. The van der Waals surface area contributed by atoms with Crippen LogP contribution in [-0.4, -0.2) is 19.5 Å². The Hall–Kier alpha value is -3.06. The molecule has 2 aromatic heterocycles. The number of nitro benzene ring substituents is 1. The van der Waals surface area contributed by atoms with Crippen molar-refractivity contribution < 1.29 is 4.92 Å². The smallest absolute Gasteiger partial charge is 0.270 e. The van der Waals surface area contributed by atoms with E-state index < -0.39 is 4.92 Å². The Bertz CT molecular complexity index is 1020. The summed E-state index contributed by atoms with van der Waals surface area (Å²) in [6.07, 6.45) is 1.74. The SMILES string of the molecule is O=[N+]([O-])c1cccc(-c2csc(-n3cnc4ccccc43)n2)c1. The van der Waals surface area contributed by atoms with Gasteiger partial charge in [0.15, 0.2) is 5.13 Å². The third kappa shape index (κ3) is 2.36. The average molecular weight is 322 g/mol. The number of hydrogen-bond donors (Lipinski definition) is 0. The zero-order valence-corrected chi connectivity index (χ0v) is 12.6. The van der Waals surface area contributed by atoms with Crippen molar-refractivity contribution in [3.8, 4) is 16.4 Å². The summed E-state index contributed by atoms with van der Waals surface area (Å²) >= 11 is 1.47. The Morgan fingerprint density at radius 2 is 2.00 bits per heavy atom. The van der Waals surface area contributed by atoms with Crippen molar-refractivity contribution >= 4 is 28.1 Å². The van der Waals surface area contributed by atoms with Gasteiger partial charge in [0.2, 0.25) is 0 Å². The van der Waals surface area contributed by atoms with E-state index in [0.29, 0.717) is 5.69 Å². The fourth-order valence-corrected chi connectivity index (χ4v) is 3.21. The molecule has 0 saturated carbocycles. The van der Waals surface area contributed by atoms with Crippen molar-refractivity contribution in [2.75, 3.05) is 0 Å². The van der Waals surface area contributed by atoms with Gasteiger partial charge in [0, 0.05) is 23.1 Å². The second kappa shape index (κ2) is 5.29. The average Bonchev–Trinajstić information content (AvgIpc) is 3.21. The number of thiazole rings is 1. The van der Waals surface area contributed by atoms with E-state index in [-0.39, 0.29) is 5.69 Å². The predicted molar refractivity (Wildman–Crippen MR) is 88.8 cm³/mol. The molecule has 0 amide bonds. The molecule has 0 atom stereocenters. The summed E-state index contributed by atoms with van der Waals surface area (Å²) in [4.78, 5) is 19.4. The van der Waals surface area contributed by atoms with Gasteiger partial charge in [-0.1, -0.05) is 24.3 Å². The molecular formula is C16H10N4O2S. The van der Waals surface area contributed by atoms with Crippen molar-refractivity contribution in [1.82, 2.24) is 14.5 Å². The number of para-hydroxylation sites is 2. The number of rotatable bonds is 3. The lowest BCUT2D eigenvalue weighted by atomic mass is 10.1. The number of hydrogen-bond acceptors (Lipinski definition) is 5. The normalized spacial score (nSPS) is 11.0. The molecule has 2 heterocycles. The number of fused-ring (bicyclic) bond motifs is 1. The van der Waals surface area contributed by atoms with E-state index in [9.17, 15) is 10.1 Å². The minimum absolute atomic E-state index is 0.0603. The maximum absolute atomic E-state index is 10.9. The third-order valence-corrected chi connectivity index (χ3v) is 4.34. The molecule has 0 spiro atoms. The Morgan fingerprint density at radius 1 is 1.13 bits per heavy atom. The van der Waals surface area contributed by atoms with Crippen LogP contribution in [0.2, 0.25) is 0 Å². The van der Waals surface area contributed by atoms with Gasteiger partial charge in [0.25, 0.3) is 5.69 Å². The first kappa shape index (κ1) is 13.6. The molecule has 0 aliphatic carbocycles. The molecule has 4 aromatic rings. The third-order valence-electron chi connectivity index (χ3n) is 3.50. The fourth-order valence-electron chi connectivity index (χ4n) is 2.40. The highest BCUT2D eigenvalue weighted by molar-refractivity contribution is 7.12. The van der Waals surface area contributed by atoms with Crippen LogP contribution in [0, 0.1) is 10.1 Å². The van der Waals surface area contributed by atoms with Gasteiger partial charge in [-0.25, -0.2) is 9.97 Å². The van der Waals surface area contributed by atoms with E-state index in [0.717, 1.165) is 21.7 Å². The lowest BCUT2D eigenvalue weighted by Gasteiger charge is -1.99. The highest BCUT2D eigenvalue weighted by Crippen LogP contribution is 2.28. The molecule has 0 aliphatic heterocycles. The zero-order chi connectivity index (χ0) is 15.8. The van der Waals surface area contributed by atoms with Gasteiger partial charge in [-0.15, -0.1) is 11.3 Å². The summed E-state index contributed by atoms with van der Waals surface area (Å²) in [6.45, 7) is 0. The summed E-state index contributed by atoms with van der Waals surface area (Å²) in [7, 11) is 0. The lowest BCUT2D eigenvalue weighted by Crippen LogP contribution is -1.91. The molecule has 0 N–H and O–H groups in total. The van der Waals surface area contributed by atoms with E-state index in [2.05, 4.69) is 9.97 Å². The first-order chi connectivity index (χ1) is 11.2. The molecule has 4 rings (SSSR count). The molecule has 6 nitrogen and oxygen atoms in total. The van der Waals surface area contributed by atoms with Crippen molar-refractivity contribution in [3.63, 3.8) is 0 Å². The molecule has 0 unspecified atom stereocenters. The van der Waals surface area contributed by atoms with Gasteiger partial charge in [0.05, 0.1) is 21.7 Å². The highest BCUT2D eigenvalue weighted by atomic mass is 32.1. The van der Waals surface area contributed by atoms with E-state index in [1.807, 2.05) is 40.3 Å². The molecule has 7 heteroatoms. The molecule has 112 valence electrons. The van der Waals surface area contributed by atoms with Gasteiger partial charge in [-0.2, -0.15) is 0 Å². The van der Waals surface area contributed by atoms with E-state index in [4.69, 9.17) is 0 Å². The lowest BCUT2D eigenvalue weighted by molar-refractivity contribution is -0.384. The van der Waals surface area contributed by atoms with Crippen LogP contribution >= 0.6 is 11.3 Å². The molecule has 0 radical (unpaired) electrons. The molecule has 2 aromatic carbocycles. The van der Waals surface area contributed by atoms with Crippen LogP contribution < -0.4 is 0 Å². The summed E-state index contributed by atoms with van der Waals surface area (Å²) in [6, 6.07) is 14.3. The first-order valence-electron chi connectivity index (χ1n) is 6.85. The van der Waals surface area contributed by atoms with Crippen molar-refractivity contribution in [2.24, 2.45) is 0 Å². The number of imidazole rings is 1. The maximum Gasteiger partial charge on any atom is 0.270 e. The molecule has 0 saturated heterocycles. The Kier molecular flexibility index (Phi) is 3.13. The van der Waals surface area contributed by atoms with E-state index >= 15 is 0 Å². The quantitative estimate of drug-likeness (QED) is 0.421. The van der Waals surface area contributed by atoms with Crippen molar-refractivity contribution in [2.45, 2.75) is 0 Å². The fraction of sp³-hybridized carbons (Fsp3) is 0. The van der Waals surface area contributed by atoms with Crippen LogP contribution in [0.25, 0.3) is 27.4 Å². The standard InChI is InChI=1S/C16H10N4O2S/c21-20(22)12-5-3-4-11(8-12)14-9-23-16(18-14)19-10-17-13-6-1-2-7-15(13)19/h1-10H. The summed E-state index contributed by atoms with van der Waals surface area (Å²) in [5.74, 6) is 0. The van der Waals surface area contributed by atoms with Crippen molar-refractivity contribution in [1.29, 1.82) is 0 Å². The minimum Gasteiger partial charge on any atom is -0.274 e. The van der Waals surface area contributed by atoms with Gasteiger partial charge < -0.3 is 0 Å². The van der Waals surface area contributed by atoms with Gasteiger partial charge in [-0.05, 0) is 12.1 Å². The second-order valence-corrected chi connectivity index (χ2v) is 5.76. The molecule has 23 heavy (non-hydrogen) atoms. The largest absolute Gasteiger partial charge is 0.274 e. The predicted octanol–water partition coefficient (Wildman–Crippen LogP) is 4.06. The van der Waals surface area contributed by atoms with Crippen LogP contribution in [0.5, 0.6) is 0 Å². The molecule has 0 aliphatic rings. The van der Waals surface area contributed by atoms with Crippen molar-refractivity contribution in [3.05, 3.63) is 70.4 Å². The van der Waals surface area contributed by atoms with Crippen LogP contribution in [0.4, 0.5) is 5.69 Å². The zero-order valence-electron chi connectivity index (χ0n) is 11.8. The van der Waals surface area contributed by atoms with Gasteiger partial charge in [0.1, 0.15) is 6.33 Å². The number of non-ortho nitro benzene ring substituents is 1. The number of aromatic nitrogens is 3. The summed E-state index contributed by atoms with van der Waals surface area (Å²) in [5, 5.41) is 13.6. The van der Waals surface area contributed by atoms with Crippen LogP contribution in [-0.2, 0) is 0 Å². The molecule has 0 fully saturated rings. The highest BCUT2D eigenvalue weighted by Gasteiger charge is 2.12. The monoisotopic (exact) mass is 322 g/mol. The van der Waals surface area contributed by atoms with Gasteiger partial charge in [-0.3, -0.25) is 14.7 Å².